The van der Waals surface area contributed by atoms with Crippen molar-refractivity contribution >= 4 is 5.69 Å². The van der Waals surface area contributed by atoms with Crippen LogP contribution in [0.4, 0.5) is 5.69 Å². The maximum absolute atomic E-state index is 10.9. The van der Waals surface area contributed by atoms with Gasteiger partial charge in [0.1, 0.15) is 0 Å². The quantitative estimate of drug-likeness (QED) is 0.609. The topological polar surface area (TPSA) is 58.3 Å². The molecule has 0 saturated carbocycles. The van der Waals surface area contributed by atoms with Gasteiger partial charge in [-0.05, 0) is 37.3 Å². The van der Waals surface area contributed by atoms with Crippen molar-refractivity contribution in [2.45, 2.75) is 49.3 Å². The maximum Gasteiger partial charge on any atom is 0.0866 e. The van der Waals surface area contributed by atoms with Crippen LogP contribution in [0.25, 0.3) is 0 Å². The molecular formula is C20H28N2O. The average Bonchev–Trinajstić information content (AvgIpc) is 2.86. The lowest BCUT2D eigenvalue weighted by molar-refractivity contribution is 0.0146. The minimum Gasteiger partial charge on any atom is -0.388 e. The Morgan fingerprint density at radius 1 is 1.17 bits per heavy atom. The number of aliphatic hydroxyl groups is 1. The summed E-state index contributed by atoms with van der Waals surface area (Å²) in [6.07, 6.45) is 7.90. The minimum atomic E-state index is -0.986. The van der Waals surface area contributed by atoms with Crippen molar-refractivity contribution in [2.75, 3.05) is 5.32 Å². The highest BCUT2D eigenvalue weighted by Gasteiger charge is 2.38. The molecule has 1 aliphatic rings. The van der Waals surface area contributed by atoms with E-state index in [4.69, 9.17) is 5.73 Å². The van der Waals surface area contributed by atoms with E-state index >= 15 is 0 Å². The number of fused-ring (bicyclic) bond motifs is 1. The number of anilines is 1. The zero-order chi connectivity index (χ0) is 16.9. The van der Waals surface area contributed by atoms with Crippen molar-refractivity contribution < 1.29 is 5.11 Å². The number of para-hydroxylation sites is 1. The molecule has 3 atom stereocenters. The van der Waals surface area contributed by atoms with E-state index in [2.05, 4.69) is 43.3 Å². The van der Waals surface area contributed by atoms with Gasteiger partial charge in [-0.15, -0.1) is 19.7 Å². The number of hydrogen-bond donors (Lipinski definition) is 3. The summed E-state index contributed by atoms with van der Waals surface area (Å²) >= 11 is 0. The summed E-state index contributed by atoms with van der Waals surface area (Å²) in [6.45, 7) is 11.4. The molecular weight excluding hydrogens is 284 g/mol. The van der Waals surface area contributed by atoms with E-state index in [-0.39, 0.29) is 18.0 Å². The molecule has 2 rings (SSSR count). The van der Waals surface area contributed by atoms with Crippen molar-refractivity contribution in [1.82, 2.24) is 0 Å². The first-order valence-electron chi connectivity index (χ1n) is 8.21. The lowest BCUT2D eigenvalue weighted by Gasteiger charge is -2.35. The molecule has 0 amide bonds. The van der Waals surface area contributed by atoms with Crippen LogP contribution >= 0.6 is 0 Å². The number of nitrogens with two attached hydrogens (primary N) is 1. The highest BCUT2D eigenvalue weighted by molar-refractivity contribution is 5.59. The summed E-state index contributed by atoms with van der Waals surface area (Å²) in [6, 6.07) is 8.25. The third-order valence-corrected chi connectivity index (χ3v) is 4.80. The molecule has 3 heteroatoms. The smallest absolute Gasteiger partial charge is 0.0866 e. The van der Waals surface area contributed by atoms with E-state index in [9.17, 15) is 5.11 Å². The van der Waals surface area contributed by atoms with E-state index in [1.165, 1.54) is 5.56 Å². The molecule has 4 N–H and O–H groups in total. The predicted molar refractivity (Wildman–Crippen MR) is 98.6 cm³/mol. The monoisotopic (exact) mass is 312 g/mol. The largest absolute Gasteiger partial charge is 0.388 e. The lowest BCUT2D eigenvalue weighted by atomic mass is 9.79. The molecule has 23 heavy (non-hydrogen) atoms. The third kappa shape index (κ3) is 3.74. The molecule has 1 aromatic carbocycles. The fourth-order valence-corrected chi connectivity index (χ4v) is 3.54. The van der Waals surface area contributed by atoms with Crippen molar-refractivity contribution in [1.29, 1.82) is 0 Å². The van der Waals surface area contributed by atoms with Crippen LogP contribution in [0.1, 0.15) is 37.2 Å². The Labute approximate surface area is 139 Å². The molecule has 1 heterocycles. The van der Waals surface area contributed by atoms with E-state index < -0.39 is 5.60 Å². The molecule has 0 spiro atoms. The maximum atomic E-state index is 10.9. The van der Waals surface area contributed by atoms with Gasteiger partial charge >= 0.3 is 0 Å². The molecule has 0 bridgehead atoms. The van der Waals surface area contributed by atoms with Gasteiger partial charge in [-0.25, -0.2) is 0 Å². The van der Waals surface area contributed by atoms with E-state index in [1.54, 1.807) is 12.2 Å². The Morgan fingerprint density at radius 3 is 2.43 bits per heavy atom. The second-order valence-corrected chi connectivity index (χ2v) is 6.40. The summed E-state index contributed by atoms with van der Waals surface area (Å²) in [5, 5.41) is 14.5. The average molecular weight is 312 g/mol. The van der Waals surface area contributed by atoms with Gasteiger partial charge in [-0.2, -0.15) is 0 Å². The number of hydrogen-bond acceptors (Lipinski definition) is 3. The van der Waals surface area contributed by atoms with Crippen LogP contribution in [0.2, 0.25) is 0 Å². The second-order valence-electron chi connectivity index (χ2n) is 6.40. The Morgan fingerprint density at radius 2 is 1.83 bits per heavy atom. The van der Waals surface area contributed by atoms with Gasteiger partial charge in [-0.3, -0.25) is 0 Å². The first kappa shape index (κ1) is 17.5. The van der Waals surface area contributed by atoms with E-state index in [0.717, 1.165) is 12.1 Å². The fraction of sp³-hybridized carbons (Fsp3) is 0.400. The molecule has 0 aromatic heterocycles. The van der Waals surface area contributed by atoms with Gasteiger partial charge in [0.25, 0.3) is 0 Å². The second kappa shape index (κ2) is 7.62. The number of nitrogens with one attached hydrogen (secondary N) is 1. The Balaban J connectivity index is 2.22. The van der Waals surface area contributed by atoms with Gasteiger partial charge in [0, 0.05) is 23.7 Å². The van der Waals surface area contributed by atoms with Crippen LogP contribution in [0, 0.1) is 0 Å². The number of benzene rings is 1. The van der Waals surface area contributed by atoms with Crippen LogP contribution in [0.5, 0.6) is 0 Å². The zero-order valence-corrected chi connectivity index (χ0v) is 13.7. The molecule has 1 aliphatic heterocycles. The number of rotatable bonds is 9. The molecule has 3 nitrogen and oxygen atoms in total. The summed E-state index contributed by atoms with van der Waals surface area (Å²) in [5.74, 6) is 0.264. The lowest BCUT2D eigenvalue weighted by Crippen LogP contribution is -2.48. The molecule has 124 valence electrons. The van der Waals surface area contributed by atoms with Gasteiger partial charge in [0.2, 0.25) is 0 Å². The van der Waals surface area contributed by atoms with E-state index in [0.29, 0.717) is 19.3 Å². The first-order chi connectivity index (χ1) is 11.1. The normalized spacial score (nSPS) is 21.1. The predicted octanol–water partition coefficient (Wildman–Crippen LogP) is 3.74. The van der Waals surface area contributed by atoms with Gasteiger partial charge < -0.3 is 16.2 Å². The summed E-state index contributed by atoms with van der Waals surface area (Å²) in [7, 11) is 0. The van der Waals surface area contributed by atoms with Crippen LogP contribution in [0.15, 0.2) is 62.2 Å². The fourth-order valence-electron chi connectivity index (χ4n) is 3.54. The van der Waals surface area contributed by atoms with Crippen LogP contribution < -0.4 is 11.1 Å². The SMILES string of the molecule is C=CCC1Nc2ccccc2C1CC(N)C(O)(CC=C)CC=C. The molecule has 0 aliphatic carbocycles. The zero-order valence-electron chi connectivity index (χ0n) is 13.7. The summed E-state index contributed by atoms with van der Waals surface area (Å²) < 4.78 is 0. The van der Waals surface area contributed by atoms with Gasteiger partial charge in [0.05, 0.1) is 5.60 Å². The Bertz CT molecular complexity index is 557. The summed E-state index contributed by atoms with van der Waals surface area (Å²) in [4.78, 5) is 0. The molecule has 0 saturated heterocycles. The molecule has 1 aromatic rings. The van der Waals surface area contributed by atoms with Crippen molar-refractivity contribution in [3.05, 3.63) is 67.8 Å². The summed E-state index contributed by atoms with van der Waals surface area (Å²) in [5.41, 5.74) is 7.87. The molecule has 3 unspecified atom stereocenters. The van der Waals surface area contributed by atoms with Crippen molar-refractivity contribution in [2.24, 2.45) is 5.73 Å². The van der Waals surface area contributed by atoms with Gasteiger partial charge in [-0.1, -0.05) is 36.4 Å². The molecule has 0 fully saturated rings. The third-order valence-electron chi connectivity index (χ3n) is 4.80. The Kier molecular flexibility index (Phi) is 5.80. The van der Waals surface area contributed by atoms with E-state index in [1.807, 2.05) is 12.1 Å². The minimum absolute atomic E-state index is 0.264. The van der Waals surface area contributed by atoms with Crippen LogP contribution in [-0.4, -0.2) is 22.8 Å². The standard InChI is InChI=1S/C20H28N2O/c1-4-9-17-16(15-10-7-8-11-18(15)22-17)14-19(21)20(23,12-5-2)13-6-3/h4-8,10-11,16-17,19,22-23H,1-3,9,12-14,21H2. The van der Waals surface area contributed by atoms with Crippen LogP contribution in [0.3, 0.4) is 0 Å². The van der Waals surface area contributed by atoms with Gasteiger partial charge in [0.15, 0.2) is 0 Å². The molecule has 0 radical (unpaired) electrons. The van der Waals surface area contributed by atoms with Crippen molar-refractivity contribution in [3.8, 4) is 0 Å². The van der Waals surface area contributed by atoms with Crippen LogP contribution in [-0.2, 0) is 0 Å². The highest BCUT2D eigenvalue weighted by atomic mass is 16.3. The first-order valence-corrected chi connectivity index (χ1v) is 8.21. The highest BCUT2D eigenvalue weighted by Crippen LogP contribution is 2.41. The Hall–Kier alpha value is -1.84. The van der Waals surface area contributed by atoms with Crippen molar-refractivity contribution in [3.63, 3.8) is 0 Å².